The van der Waals surface area contributed by atoms with Crippen LogP contribution in [-0.2, 0) is 0 Å². The largest absolute Gasteiger partial charge is 0.360 e. The van der Waals surface area contributed by atoms with Crippen molar-refractivity contribution in [2.75, 3.05) is 23.3 Å². The van der Waals surface area contributed by atoms with Crippen LogP contribution in [0.15, 0.2) is 30.9 Å². The molecule has 1 aliphatic heterocycles. The molecule has 3 N–H and O–H groups in total. The van der Waals surface area contributed by atoms with E-state index >= 15 is 0 Å². The topological polar surface area (TPSA) is 99.1 Å². The van der Waals surface area contributed by atoms with Crippen LogP contribution in [0.4, 0.5) is 11.6 Å². The van der Waals surface area contributed by atoms with Crippen molar-refractivity contribution in [2.45, 2.75) is 45.8 Å². The van der Waals surface area contributed by atoms with Gasteiger partial charge in [-0.2, -0.15) is 5.10 Å². The molecule has 156 valence electrons. The molecular weight excluding hydrogens is 378 g/mol. The van der Waals surface area contributed by atoms with Crippen molar-refractivity contribution in [3.63, 3.8) is 0 Å². The zero-order valence-corrected chi connectivity index (χ0v) is 17.7. The van der Waals surface area contributed by atoms with Crippen molar-refractivity contribution < 1.29 is 0 Å². The number of fused-ring (bicyclic) bond motifs is 2. The van der Waals surface area contributed by atoms with E-state index in [1.165, 1.54) is 5.56 Å². The maximum Gasteiger partial charge on any atom is 0.173 e. The number of piperazine rings is 1. The fraction of sp³-hybridized carbons (Fsp3) is 0.429. The lowest BCUT2D eigenvalue weighted by Crippen LogP contribution is -2.54. The number of aryl methyl sites for hydroxylation is 1. The first-order chi connectivity index (χ1) is 14.5. The van der Waals surface area contributed by atoms with Gasteiger partial charge in [-0.05, 0) is 45.4 Å². The molecule has 9 heteroatoms. The minimum atomic E-state index is -0.124. The predicted molar refractivity (Wildman–Crippen MR) is 118 cm³/mol. The monoisotopic (exact) mass is 405 g/mol. The molecule has 0 aliphatic carbocycles. The average Bonchev–Trinajstić information content (AvgIpc) is 3.34. The van der Waals surface area contributed by atoms with E-state index in [4.69, 9.17) is 10.1 Å². The summed E-state index contributed by atoms with van der Waals surface area (Å²) in [6, 6.07) is 4.75. The second kappa shape index (κ2) is 7.24. The molecule has 0 amide bonds. The molecule has 0 spiro atoms. The van der Waals surface area contributed by atoms with Crippen molar-refractivity contribution in [3.8, 4) is 0 Å². The summed E-state index contributed by atoms with van der Waals surface area (Å²) in [6.07, 6.45) is 5.43. The van der Waals surface area contributed by atoms with Gasteiger partial charge in [-0.15, -0.1) is 0 Å². The average molecular weight is 406 g/mol. The molecule has 1 fully saturated rings. The molecule has 0 aromatic carbocycles. The number of nitrogens with one attached hydrogen (secondary N) is 3. The summed E-state index contributed by atoms with van der Waals surface area (Å²) < 4.78 is 1.95. The standard InChI is InChI=1S/C21H27N9/c1-12-6-8-30-17(12)21(29-9-13(2)25-14(3)10-29)27-18(28-30)15(4)26-20-16-5-7-22-19(16)23-11-24-20/h5-8,11,13-15,25H,9-10H2,1-4H3,(H2,22,23,24,26)/t13-,14+,15-/m0/s1. The van der Waals surface area contributed by atoms with Crippen LogP contribution in [0.3, 0.4) is 0 Å². The Bertz CT molecular complexity index is 1180. The van der Waals surface area contributed by atoms with E-state index in [1.807, 2.05) is 23.0 Å². The summed E-state index contributed by atoms with van der Waals surface area (Å²) in [7, 11) is 0. The van der Waals surface area contributed by atoms with Crippen LogP contribution in [-0.4, -0.2) is 54.7 Å². The number of anilines is 2. The summed E-state index contributed by atoms with van der Waals surface area (Å²) in [5.74, 6) is 2.49. The molecule has 1 saturated heterocycles. The number of nitrogens with zero attached hydrogens (tertiary/aromatic N) is 6. The lowest BCUT2D eigenvalue weighted by molar-refractivity contribution is 0.405. The van der Waals surface area contributed by atoms with Gasteiger partial charge < -0.3 is 20.5 Å². The highest BCUT2D eigenvalue weighted by atomic mass is 15.3. The van der Waals surface area contributed by atoms with Crippen LogP contribution >= 0.6 is 0 Å². The quantitative estimate of drug-likeness (QED) is 0.480. The van der Waals surface area contributed by atoms with Crippen molar-refractivity contribution in [2.24, 2.45) is 0 Å². The maximum absolute atomic E-state index is 5.04. The highest BCUT2D eigenvalue weighted by Crippen LogP contribution is 2.28. The molecule has 5 rings (SSSR count). The highest BCUT2D eigenvalue weighted by Gasteiger charge is 2.26. The number of aromatic amines is 1. The van der Waals surface area contributed by atoms with Crippen LogP contribution < -0.4 is 15.5 Å². The van der Waals surface area contributed by atoms with Crippen molar-refractivity contribution in [1.82, 2.24) is 34.9 Å². The Balaban J connectivity index is 1.54. The molecule has 9 nitrogen and oxygen atoms in total. The van der Waals surface area contributed by atoms with Crippen molar-refractivity contribution >= 4 is 28.2 Å². The smallest absolute Gasteiger partial charge is 0.173 e. The van der Waals surface area contributed by atoms with Gasteiger partial charge in [0, 0.05) is 37.6 Å². The minimum Gasteiger partial charge on any atom is -0.360 e. The molecule has 0 radical (unpaired) electrons. The van der Waals surface area contributed by atoms with Gasteiger partial charge >= 0.3 is 0 Å². The molecule has 3 atom stereocenters. The van der Waals surface area contributed by atoms with E-state index in [0.29, 0.717) is 12.1 Å². The Morgan fingerprint density at radius 2 is 1.97 bits per heavy atom. The molecule has 0 bridgehead atoms. The number of H-pyrrole nitrogens is 1. The van der Waals surface area contributed by atoms with Crippen LogP contribution in [0.5, 0.6) is 0 Å². The van der Waals surface area contributed by atoms with E-state index in [1.54, 1.807) is 6.33 Å². The Morgan fingerprint density at radius 1 is 1.17 bits per heavy atom. The highest BCUT2D eigenvalue weighted by molar-refractivity contribution is 5.86. The fourth-order valence-electron chi connectivity index (χ4n) is 4.33. The zero-order valence-electron chi connectivity index (χ0n) is 17.7. The third-order valence-electron chi connectivity index (χ3n) is 5.66. The summed E-state index contributed by atoms with van der Waals surface area (Å²) in [5, 5.41) is 12.8. The summed E-state index contributed by atoms with van der Waals surface area (Å²) in [5.41, 5.74) is 3.06. The van der Waals surface area contributed by atoms with Gasteiger partial charge in [0.2, 0.25) is 0 Å². The molecule has 30 heavy (non-hydrogen) atoms. The van der Waals surface area contributed by atoms with E-state index in [9.17, 15) is 0 Å². The molecule has 4 aromatic heterocycles. The SMILES string of the molecule is Cc1ccn2nc([C@H](C)Nc3ncnc4[nH]ccc34)nc(N3C[C@@H](C)N[C@@H](C)C3)c12. The minimum absolute atomic E-state index is 0.124. The lowest BCUT2D eigenvalue weighted by atomic mass is 10.1. The van der Waals surface area contributed by atoms with Gasteiger partial charge in [-0.3, -0.25) is 0 Å². The first kappa shape index (κ1) is 18.8. The summed E-state index contributed by atoms with van der Waals surface area (Å²) >= 11 is 0. The van der Waals surface area contributed by atoms with Crippen molar-refractivity contribution in [1.29, 1.82) is 0 Å². The van der Waals surface area contributed by atoms with E-state index in [0.717, 1.165) is 47.1 Å². The number of hydrogen-bond acceptors (Lipinski definition) is 7. The van der Waals surface area contributed by atoms with Crippen LogP contribution in [0.1, 0.15) is 38.2 Å². The Hall–Kier alpha value is -3.20. The van der Waals surface area contributed by atoms with E-state index in [2.05, 4.69) is 64.2 Å². The lowest BCUT2D eigenvalue weighted by Gasteiger charge is -2.37. The van der Waals surface area contributed by atoms with Gasteiger partial charge in [-0.25, -0.2) is 19.5 Å². The Labute approximate surface area is 174 Å². The van der Waals surface area contributed by atoms with Gasteiger partial charge in [0.1, 0.15) is 23.3 Å². The second-order valence-electron chi connectivity index (χ2n) is 8.29. The van der Waals surface area contributed by atoms with Gasteiger partial charge in [0.15, 0.2) is 11.6 Å². The van der Waals surface area contributed by atoms with Gasteiger partial charge in [0.05, 0.1) is 11.4 Å². The van der Waals surface area contributed by atoms with E-state index in [-0.39, 0.29) is 6.04 Å². The molecule has 0 unspecified atom stereocenters. The predicted octanol–water partition coefficient (Wildman–Crippen LogP) is 2.67. The number of rotatable bonds is 4. The van der Waals surface area contributed by atoms with Gasteiger partial charge in [-0.1, -0.05) is 0 Å². The zero-order chi connectivity index (χ0) is 20.8. The summed E-state index contributed by atoms with van der Waals surface area (Å²) in [4.78, 5) is 19.2. The van der Waals surface area contributed by atoms with Crippen LogP contribution in [0, 0.1) is 6.92 Å². The Kier molecular flexibility index (Phi) is 4.54. The third-order valence-corrected chi connectivity index (χ3v) is 5.66. The second-order valence-corrected chi connectivity index (χ2v) is 8.29. The van der Waals surface area contributed by atoms with Gasteiger partial charge in [0.25, 0.3) is 0 Å². The van der Waals surface area contributed by atoms with Crippen molar-refractivity contribution in [3.05, 3.63) is 42.2 Å². The van der Waals surface area contributed by atoms with Crippen LogP contribution in [0.25, 0.3) is 16.6 Å². The molecule has 5 heterocycles. The molecular formula is C21H27N9. The number of aromatic nitrogens is 6. The fourth-order valence-corrected chi connectivity index (χ4v) is 4.33. The third kappa shape index (κ3) is 3.24. The van der Waals surface area contributed by atoms with Crippen LogP contribution in [0.2, 0.25) is 0 Å². The molecule has 4 aromatic rings. The first-order valence-electron chi connectivity index (χ1n) is 10.4. The normalized spacial score (nSPS) is 20.7. The first-order valence-corrected chi connectivity index (χ1v) is 10.4. The maximum atomic E-state index is 5.04. The summed E-state index contributed by atoms with van der Waals surface area (Å²) in [6.45, 7) is 10.4. The molecule has 1 aliphatic rings. The Morgan fingerprint density at radius 3 is 2.77 bits per heavy atom. The molecule has 0 saturated carbocycles. The van der Waals surface area contributed by atoms with E-state index < -0.39 is 0 Å². The number of hydrogen-bond donors (Lipinski definition) is 3.